The number of unbranched alkanes of at least 4 members (excludes halogenated alkanes) is 2. The molecule has 0 N–H and O–H groups in total. The average Bonchev–Trinajstić information content (AvgIpc) is 2.60. The number of rotatable bonds is 8. The minimum Gasteiger partial charge on any atom is -0.544 e. The van der Waals surface area contributed by atoms with Gasteiger partial charge in [-0.05, 0) is 83.3 Å². The van der Waals surface area contributed by atoms with Crippen LogP contribution in [-0.4, -0.2) is 13.9 Å². The smallest absolute Gasteiger partial charge is 0.245 e. The molecule has 1 aliphatic carbocycles. The van der Waals surface area contributed by atoms with Gasteiger partial charge < -0.3 is 9.16 Å². The van der Waals surface area contributed by atoms with Gasteiger partial charge in [0.25, 0.3) is 0 Å². The zero-order chi connectivity index (χ0) is 21.2. The van der Waals surface area contributed by atoms with Crippen LogP contribution in [0.25, 0.3) is 0 Å². The lowest BCUT2D eigenvalue weighted by Crippen LogP contribution is -2.45. The van der Waals surface area contributed by atoms with E-state index in [0.29, 0.717) is 11.8 Å². The quantitative estimate of drug-likeness (QED) is 0.243. The van der Waals surface area contributed by atoms with Crippen molar-refractivity contribution in [3.63, 3.8) is 0 Å². The van der Waals surface area contributed by atoms with E-state index in [0.717, 1.165) is 17.9 Å². The van der Waals surface area contributed by atoms with Crippen LogP contribution in [0.1, 0.15) is 90.2 Å². The van der Waals surface area contributed by atoms with Crippen LogP contribution in [0.4, 0.5) is 0 Å². The van der Waals surface area contributed by atoms with Gasteiger partial charge in [0, 0.05) is 17.4 Å². The van der Waals surface area contributed by atoms with Crippen LogP contribution in [0.5, 0.6) is 11.5 Å². The van der Waals surface area contributed by atoms with Crippen molar-refractivity contribution in [1.29, 1.82) is 0 Å². The van der Waals surface area contributed by atoms with Crippen LogP contribution in [-0.2, 0) is 6.42 Å². The second-order valence-electron chi connectivity index (χ2n) is 10.5. The van der Waals surface area contributed by atoms with E-state index in [2.05, 4.69) is 65.9 Å². The fraction of sp³-hybridized carbons (Fsp3) is 0.692. The number of aryl methyl sites for hydroxylation is 1. The van der Waals surface area contributed by atoms with Gasteiger partial charge in [-0.1, -0.05) is 44.8 Å². The highest BCUT2D eigenvalue weighted by Crippen LogP contribution is 2.54. The minimum absolute atomic E-state index is 0.134. The topological polar surface area (TPSA) is 18.5 Å². The van der Waals surface area contributed by atoms with Gasteiger partial charge in [0.1, 0.15) is 17.1 Å². The van der Waals surface area contributed by atoms with E-state index in [-0.39, 0.29) is 5.60 Å². The molecule has 2 nitrogen and oxygen atoms in total. The molecule has 0 aromatic heterocycles. The van der Waals surface area contributed by atoms with Crippen LogP contribution in [0.2, 0.25) is 19.1 Å². The van der Waals surface area contributed by atoms with E-state index in [4.69, 9.17) is 9.16 Å². The summed E-state index contributed by atoms with van der Waals surface area (Å²) in [7, 11) is -1.75. The molecule has 3 rings (SSSR count). The van der Waals surface area contributed by atoms with Crippen molar-refractivity contribution >= 4 is 8.32 Å². The first-order valence-corrected chi connectivity index (χ1v) is 15.0. The number of hydrogen-bond acceptors (Lipinski definition) is 2. The molecule has 0 radical (unpaired) electrons. The van der Waals surface area contributed by atoms with Crippen LogP contribution >= 0.6 is 0 Å². The number of hydrogen-bond donors (Lipinski definition) is 0. The Bertz CT molecular complexity index is 747. The highest BCUT2D eigenvalue weighted by atomic mass is 28.4. The maximum atomic E-state index is 6.87. The SMILES string of the molecule is CCCCCc1cc2c(c(O[Si](C)(C)CCC)c1)[C@@H]1C=C(C)CC[C@H]1C(C)(C)O2. The molecule has 1 aromatic rings. The molecular weight excluding hydrogens is 372 g/mol. The second kappa shape index (κ2) is 8.87. The van der Waals surface area contributed by atoms with Gasteiger partial charge in [-0.2, -0.15) is 0 Å². The summed E-state index contributed by atoms with van der Waals surface area (Å²) in [6.07, 6.45) is 11.0. The van der Waals surface area contributed by atoms with E-state index < -0.39 is 8.32 Å². The van der Waals surface area contributed by atoms with Gasteiger partial charge in [0.15, 0.2) is 0 Å². The highest BCUT2D eigenvalue weighted by Gasteiger charge is 2.45. The molecule has 2 atom stereocenters. The Morgan fingerprint density at radius 1 is 1.14 bits per heavy atom. The lowest BCUT2D eigenvalue weighted by molar-refractivity contribution is 0.0110. The number of fused-ring (bicyclic) bond motifs is 3. The first-order chi connectivity index (χ1) is 13.7. The molecule has 1 aromatic carbocycles. The molecule has 2 aliphatic rings. The summed E-state index contributed by atoms with van der Waals surface area (Å²) in [6.45, 7) is 16.1. The molecule has 162 valence electrons. The first-order valence-electron chi connectivity index (χ1n) is 11.9. The van der Waals surface area contributed by atoms with Gasteiger partial charge in [-0.15, -0.1) is 0 Å². The molecule has 0 fully saturated rings. The molecule has 3 heteroatoms. The van der Waals surface area contributed by atoms with E-state index in [9.17, 15) is 0 Å². The Hall–Kier alpha value is -1.22. The summed E-state index contributed by atoms with van der Waals surface area (Å²) < 4.78 is 13.6. The van der Waals surface area contributed by atoms with Crippen LogP contribution in [0, 0.1) is 5.92 Å². The summed E-state index contributed by atoms with van der Waals surface area (Å²) in [5.41, 5.74) is 4.08. The lowest BCUT2D eigenvalue weighted by atomic mass is 9.68. The monoisotopic (exact) mass is 414 g/mol. The zero-order valence-electron chi connectivity index (χ0n) is 19.9. The van der Waals surface area contributed by atoms with E-state index in [1.807, 2.05) is 0 Å². The van der Waals surface area contributed by atoms with E-state index >= 15 is 0 Å². The number of allylic oxidation sites excluding steroid dienone is 2. The molecule has 1 aliphatic heterocycles. The van der Waals surface area contributed by atoms with Crippen LogP contribution in [0.15, 0.2) is 23.8 Å². The number of ether oxygens (including phenoxy) is 1. The Morgan fingerprint density at radius 3 is 2.59 bits per heavy atom. The van der Waals surface area contributed by atoms with Gasteiger partial charge in [0.05, 0.1) is 0 Å². The van der Waals surface area contributed by atoms with Crippen molar-refractivity contribution in [2.24, 2.45) is 5.92 Å². The largest absolute Gasteiger partial charge is 0.544 e. The predicted molar refractivity (Wildman–Crippen MR) is 127 cm³/mol. The molecule has 0 bridgehead atoms. The fourth-order valence-electron chi connectivity index (χ4n) is 5.32. The van der Waals surface area contributed by atoms with Crippen molar-refractivity contribution in [3.8, 4) is 11.5 Å². The predicted octanol–water partition coefficient (Wildman–Crippen LogP) is 8.02. The highest BCUT2D eigenvalue weighted by molar-refractivity contribution is 6.71. The minimum atomic E-state index is -1.75. The summed E-state index contributed by atoms with van der Waals surface area (Å²) in [5.74, 6) is 3.12. The van der Waals surface area contributed by atoms with Crippen LogP contribution in [0.3, 0.4) is 0 Å². The second-order valence-corrected chi connectivity index (χ2v) is 14.7. The normalized spacial score (nSPS) is 22.9. The molecule has 0 saturated heterocycles. The molecule has 0 saturated carbocycles. The van der Waals surface area contributed by atoms with E-state index in [1.54, 1.807) is 0 Å². The van der Waals surface area contributed by atoms with Gasteiger partial charge in [-0.25, -0.2) is 0 Å². The van der Waals surface area contributed by atoms with E-state index in [1.165, 1.54) is 61.3 Å². The van der Waals surface area contributed by atoms with Crippen molar-refractivity contribution in [3.05, 3.63) is 34.9 Å². The zero-order valence-corrected chi connectivity index (χ0v) is 20.9. The van der Waals surface area contributed by atoms with Crippen LogP contribution < -0.4 is 9.16 Å². The lowest BCUT2D eigenvalue weighted by Gasteiger charge is -2.47. The Labute approximate surface area is 180 Å². The third-order valence-electron chi connectivity index (χ3n) is 6.82. The van der Waals surface area contributed by atoms with Crippen molar-refractivity contribution in [2.45, 2.75) is 110 Å². The summed E-state index contributed by atoms with van der Waals surface area (Å²) >= 11 is 0. The average molecular weight is 415 g/mol. The molecule has 29 heavy (non-hydrogen) atoms. The number of benzene rings is 1. The van der Waals surface area contributed by atoms with Crippen molar-refractivity contribution in [2.75, 3.05) is 0 Å². The summed E-state index contributed by atoms with van der Waals surface area (Å²) in [4.78, 5) is 0. The Morgan fingerprint density at radius 2 is 1.90 bits per heavy atom. The summed E-state index contributed by atoms with van der Waals surface area (Å²) in [6, 6.07) is 5.87. The first kappa shape index (κ1) is 22.5. The molecule has 0 amide bonds. The standard InChI is InChI=1S/C26H42O2Si/c1-8-10-11-12-20-17-23-25(24(18-20)28-29(6,7)15-9-2)21-16-19(3)13-14-22(21)26(4,5)27-23/h16-18,21-22H,8-15H2,1-7H3/t21-,22-/m1/s1. The Kier molecular flexibility index (Phi) is 6.87. The van der Waals surface area contributed by atoms with Crippen molar-refractivity contribution < 1.29 is 9.16 Å². The molecule has 0 unspecified atom stereocenters. The van der Waals surface area contributed by atoms with Crippen molar-refractivity contribution in [1.82, 2.24) is 0 Å². The maximum Gasteiger partial charge on any atom is 0.245 e. The summed E-state index contributed by atoms with van der Waals surface area (Å²) in [5, 5.41) is 0. The van der Waals surface area contributed by atoms with Gasteiger partial charge in [0.2, 0.25) is 8.32 Å². The maximum absolute atomic E-state index is 6.87. The van der Waals surface area contributed by atoms with Gasteiger partial charge in [-0.3, -0.25) is 0 Å². The third-order valence-corrected chi connectivity index (χ3v) is 9.29. The Balaban J connectivity index is 2.08. The van der Waals surface area contributed by atoms with Gasteiger partial charge >= 0.3 is 0 Å². The fourth-order valence-corrected chi connectivity index (χ4v) is 7.39. The molecule has 0 spiro atoms. The molecule has 1 heterocycles. The molecular formula is C26H42O2Si. The third kappa shape index (κ3) is 5.10.